The van der Waals surface area contributed by atoms with Crippen LogP contribution in [-0.2, 0) is 0 Å². The van der Waals surface area contributed by atoms with Crippen LogP contribution >= 0.6 is 0 Å². The first-order valence-corrected chi connectivity index (χ1v) is 11.3. The normalized spacial score (nSPS) is 15.9. The Labute approximate surface area is 192 Å². The third-order valence-corrected chi connectivity index (χ3v) is 6.70. The smallest absolute Gasteiger partial charge is 0.159 e. The average Bonchev–Trinajstić information content (AvgIpc) is 3.23. The molecule has 0 spiro atoms. The third kappa shape index (κ3) is 2.74. The van der Waals surface area contributed by atoms with Gasteiger partial charge in [0.25, 0.3) is 0 Å². The number of hydrogen-bond acceptors (Lipinski definition) is 2. The van der Waals surface area contributed by atoms with E-state index >= 15 is 0 Å². The molecule has 1 aliphatic heterocycles. The van der Waals surface area contributed by atoms with Crippen LogP contribution in [-0.4, -0.2) is 0 Å². The first-order valence-electron chi connectivity index (χ1n) is 11.3. The van der Waals surface area contributed by atoms with Gasteiger partial charge >= 0.3 is 0 Å². The summed E-state index contributed by atoms with van der Waals surface area (Å²) < 4.78 is 6.60. The maximum atomic E-state index is 6.60. The summed E-state index contributed by atoms with van der Waals surface area (Å²) >= 11 is 0. The van der Waals surface area contributed by atoms with Crippen LogP contribution in [0, 0.1) is 0 Å². The summed E-state index contributed by atoms with van der Waals surface area (Å²) in [6, 6.07) is 34.4. The van der Waals surface area contributed by atoms with Gasteiger partial charge in [0.15, 0.2) is 5.76 Å². The van der Waals surface area contributed by atoms with Gasteiger partial charge in [-0.2, -0.15) is 0 Å². The van der Waals surface area contributed by atoms with Crippen molar-refractivity contribution in [1.82, 2.24) is 5.32 Å². The molecule has 0 radical (unpaired) electrons. The van der Waals surface area contributed by atoms with Crippen molar-refractivity contribution in [2.75, 3.05) is 0 Å². The number of dihydropyridines is 1. The molecule has 2 nitrogen and oxygen atoms in total. The minimum Gasteiger partial charge on any atom is -0.454 e. The number of benzene rings is 4. The number of rotatable bonds is 2. The highest BCUT2D eigenvalue weighted by Gasteiger charge is 2.28. The predicted molar refractivity (Wildman–Crippen MR) is 136 cm³/mol. The average molecular weight is 424 g/mol. The molecule has 0 saturated heterocycles. The summed E-state index contributed by atoms with van der Waals surface area (Å²) in [4.78, 5) is 0. The van der Waals surface area contributed by atoms with Gasteiger partial charge in [0.1, 0.15) is 5.58 Å². The lowest BCUT2D eigenvalue weighted by atomic mass is 9.93. The van der Waals surface area contributed by atoms with Crippen molar-refractivity contribution in [3.63, 3.8) is 0 Å². The lowest BCUT2D eigenvalue weighted by Gasteiger charge is -2.22. The fourth-order valence-corrected chi connectivity index (χ4v) is 5.23. The van der Waals surface area contributed by atoms with Crippen LogP contribution in [0.25, 0.3) is 50.0 Å². The van der Waals surface area contributed by atoms with E-state index in [9.17, 15) is 0 Å². The van der Waals surface area contributed by atoms with E-state index in [1.807, 2.05) is 0 Å². The van der Waals surface area contributed by atoms with Crippen LogP contribution in [0.15, 0.2) is 120 Å². The largest absolute Gasteiger partial charge is 0.454 e. The van der Waals surface area contributed by atoms with Crippen molar-refractivity contribution in [3.8, 4) is 33.4 Å². The summed E-state index contributed by atoms with van der Waals surface area (Å²) in [5.74, 6) is 0.892. The Hall–Kier alpha value is -4.30. The second-order valence-electron chi connectivity index (χ2n) is 8.57. The standard InChI is InChI=1S/C31H21NO/c1-2-10-20(11-3-1)26-17-9-18-27(32-26)31-30-25-15-7-6-14-23(25)21-12-4-5-13-22(21)24-16-8-19-28(33-31)29(24)30/h1-19,26,32H. The fourth-order valence-electron chi connectivity index (χ4n) is 5.23. The molecule has 0 bridgehead atoms. The zero-order valence-electron chi connectivity index (χ0n) is 18.0. The number of nitrogens with one attached hydrogen (secondary N) is 1. The highest BCUT2D eigenvalue weighted by Crippen LogP contribution is 2.51. The van der Waals surface area contributed by atoms with Crippen molar-refractivity contribution in [1.29, 1.82) is 0 Å². The molecule has 1 aromatic heterocycles. The van der Waals surface area contributed by atoms with Crippen molar-refractivity contribution in [2.45, 2.75) is 6.04 Å². The van der Waals surface area contributed by atoms with Gasteiger partial charge in [-0.25, -0.2) is 0 Å². The quantitative estimate of drug-likeness (QED) is 0.305. The van der Waals surface area contributed by atoms with Gasteiger partial charge in [-0.1, -0.05) is 103 Å². The molecule has 2 heterocycles. The summed E-state index contributed by atoms with van der Waals surface area (Å²) in [6.07, 6.45) is 6.43. The van der Waals surface area contributed by atoms with Gasteiger partial charge in [0.2, 0.25) is 0 Å². The van der Waals surface area contributed by atoms with E-state index in [1.165, 1.54) is 38.8 Å². The lowest BCUT2D eigenvalue weighted by molar-refractivity contribution is 0.587. The van der Waals surface area contributed by atoms with Gasteiger partial charge in [-0.05, 0) is 45.5 Å². The molecule has 2 heteroatoms. The molecule has 1 atom stereocenters. The third-order valence-electron chi connectivity index (χ3n) is 6.70. The summed E-state index contributed by atoms with van der Waals surface area (Å²) in [7, 11) is 0. The van der Waals surface area contributed by atoms with Crippen LogP contribution in [0.4, 0.5) is 0 Å². The predicted octanol–water partition coefficient (Wildman–Crippen LogP) is 7.99. The molecule has 2 aliphatic rings. The van der Waals surface area contributed by atoms with E-state index < -0.39 is 0 Å². The Kier molecular flexibility index (Phi) is 3.94. The molecule has 1 aliphatic carbocycles. The molecule has 156 valence electrons. The van der Waals surface area contributed by atoms with Gasteiger partial charge in [-0.15, -0.1) is 0 Å². The Bertz CT molecular complexity index is 1590. The van der Waals surface area contributed by atoms with Crippen molar-refractivity contribution < 1.29 is 4.42 Å². The second-order valence-corrected chi connectivity index (χ2v) is 8.57. The fraction of sp³-hybridized carbons (Fsp3) is 0.0323. The zero-order chi connectivity index (χ0) is 21.8. The first-order chi connectivity index (χ1) is 16.4. The summed E-state index contributed by atoms with van der Waals surface area (Å²) in [5.41, 5.74) is 10.5. The Morgan fingerprint density at radius 1 is 0.606 bits per heavy atom. The van der Waals surface area contributed by atoms with Crippen LogP contribution in [0.5, 0.6) is 0 Å². The molecular weight excluding hydrogens is 402 g/mol. The van der Waals surface area contributed by atoms with Crippen LogP contribution < -0.4 is 5.32 Å². The highest BCUT2D eigenvalue weighted by molar-refractivity contribution is 6.14. The molecule has 1 unspecified atom stereocenters. The van der Waals surface area contributed by atoms with E-state index in [-0.39, 0.29) is 6.04 Å². The Balaban J connectivity index is 1.49. The van der Waals surface area contributed by atoms with Gasteiger partial charge in [0.05, 0.1) is 11.7 Å². The van der Waals surface area contributed by atoms with E-state index in [1.54, 1.807) is 0 Å². The molecule has 1 N–H and O–H groups in total. The highest BCUT2D eigenvalue weighted by atomic mass is 16.3. The van der Waals surface area contributed by atoms with Crippen molar-refractivity contribution in [3.05, 3.63) is 127 Å². The number of furan rings is 1. The second kappa shape index (κ2) is 7.11. The van der Waals surface area contributed by atoms with Gasteiger partial charge in [-0.3, -0.25) is 0 Å². The summed E-state index contributed by atoms with van der Waals surface area (Å²) in [6.45, 7) is 0. The van der Waals surface area contributed by atoms with Crippen molar-refractivity contribution >= 4 is 16.7 Å². The number of allylic oxidation sites excluding steroid dienone is 2. The maximum absolute atomic E-state index is 6.60. The molecule has 0 saturated carbocycles. The van der Waals surface area contributed by atoms with Gasteiger partial charge < -0.3 is 9.73 Å². The van der Waals surface area contributed by atoms with Crippen LogP contribution in [0.2, 0.25) is 0 Å². The van der Waals surface area contributed by atoms with Crippen LogP contribution in [0.3, 0.4) is 0 Å². The minimum absolute atomic E-state index is 0.101. The molecule has 33 heavy (non-hydrogen) atoms. The number of fused-ring (bicyclic) bond motifs is 5. The van der Waals surface area contributed by atoms with E-state index in [0.29, 0.717) is 0 Å². The van der Waals surface area contributed by atoms with Crippen molar-refractivity contribution in [2.24, 2.45) is 0 Å². The monoisotopic (exact) mass is 423 g/mol. The minimum atomic E-state index is 0.101. The Morgan fingerprint density at radius 2 is 1.24 bits per heavy atom. The maximum Gasteiger partial charge on any atom is 0.159 e. The molecular formula is C31H21NO. The number of hydrogen-bond donors (Lipinski definition) is 1. The first kappa shape index (κ1) is 18.3. The SMILES string of the molecule is C1=CC(c2ccccc2)NC(c2oc3cccc4c3c2-c2ccccc2-c2ccccc2-4)=C1. The van der Waals surface area contributed by atoms with Gasteiger partial charge in [0, 0.05) is 10.9 Å². The molecule has 0 amide bonds. The molecule has 5 aromatic rings. The van der Waals surface area contributed by atoms with E-state index in [2.05, 4.69) is 121 Å². The van der Waals surface area contributed by atoms with E-state index in [4.69, 9.17) is 4.42 Å². The topological polar surface area (TPSA) is 25.2 Å². The molecule has 7 rings (SSSR count). The summed E-state index contributed by atoms with van der Waals surface area (Å²) in [5, 5.41) is 4.90. The Morgan fingerprint density at radius 3 is 2.03 bits per heavy atom. The van der Waals surface area contributed by atoms with Crippen LogP contribution in [0.1, 0.15) is 17.4 Å². The zero-order valence-corrected chi connectivity index (χ0v) is 18.0. The molecule has 0 fully saturated rings. The molecule has 4 aromatic carbocycles. The van der Waals surface area contributed by atoms with E-state index in [0.717, 1.165) is 22.6 Å². The lowest BCUT2D eigenvalue weighted by Crippen LogP contribution is -2.20.